The SMILES string of the molecule is COc1cc(N=Nc2cc(F)c([N+](=O)[O-])cc2[N+](=O)[O-])c(NC(C)=O)cc1N(CC#N)Cc1ccccc1. The van der Waals surface area contributed by atoms with Crippen molar-refractivity contribution in [2.45, 2.75) is 13.5 Å². The first-order valence-electron chi connectivity index (χ1n) is 10.8. The number of nitrogens with one attached hydrogen (secondary N) is 1. The third-order valence-corrected chi connectivity index (χ3v) is 5.13. The molecule has 0 heterocycles. The van der Waals surface area contributed by atoms with E-state index in [0.717, 1.165) is 5.56 Å². The quantitative estimate of drug-likeness (QED) is 0.156. The zero-order valence-electron chi connectivity index (χ0n) is 20.1. The van der Waals surface area contributed by atoms with E-state index in [0.29, 0.717) is 24.4 Å². The molecule has 0 spiro atoms. The van der Waals surface area contributed by atoms with Gasteiger partial charge in [0, 0.05) is 25.6 Å². The van der Waals surface area contributed by atoms with E-state index in [1.807, 2.05) is 30.3 Å². The van der Waals surface area contributed by atoms with E-state index in [1.54, 1.807) is 4.90 Å². The molecule has 1 N–H and O–H groups in total. The van der Waals surface area contributed by atoms with Gasteiger partial charge in [-0.1, -0.05) is 30.3 Å². The van der Waals surface area contributed by atoms with Crippen molar-refractivity contribution in [2.75, 3.05) is 23.9 Å². The van der Waals surface area contributed by atoms with Crippen LogP contribution < -0.4 is 15.0 Å². The number of halogens is 1. The number of hydrogen-bond acceptors (Lipinski definition) is 10. The standard InChI is InChI=1S/C24H20FN7O6/c1-15(33)27-18-11-23(30(9-8-26)14-16-6-4-3-5-7-16)24(38-2)12-19(18)28-29-20-10-17(25)21(31(34)35)13-22(20)32(36)37/h3-7,10-13H,9,14H2,1-2H3,(H,27,33). The number of azo groups is 1. The van der Waals surface area contributed by atoms with Gasteiger partial charge in [-0.15, -0.1) is 10.2 Å². The summed E-state index contributed by atoms with van der Waals surface area (Å²) in [4.78, 5) is 33.9. The van der Waals surface area contributed by atoms with E-state index in [-0.39, 0.29) is 23.7 Å². The number of nitro groups is 2. The van der Waals surface area contributed by atoms with Gasteiger partial charge >= 0.3 is 11.4 Å². The minimum absolute atomic E-state index is 0.00882. The number of rotatable bonds is 10. The summed E-state index contributed by atoms with van der Waals surface area (Å²) < 4.78 is 19.6. The van der Waals surface area contributed by atoms with Crippen molar-refractivity contribution in [1.29, 1.82) is 5.26 Å². The highest BCUT2D eigenvalue weighted by Gasteiger charge is 2.25. The summed E-state index contributed by atoms with van der Waals surface area (Å²) in [7, 11) is 1.38. The first-order valence-corrected chi connectivity index (χ1v) is 10.8. The summed E-state index contributed by atoms with van der Waals surface area (Å²) in [6, 6.07) is 15.3. The second kappa shape index (κ2) is 12.0. The van der Waals surface area contributed by atoms with Gasteiger partial charge in [0.25, 0.3) is 0 Å². The zero-order valence-corrected chi connectivity index (χ0v) is 20.1. The number of benzene rings is 3. The smallest absolute Gasteiger partial charge is 0.311 e. The zero-order chi connectivity index (χ0) is 27.8. The molecule has 0 fully saturated rings. The van der Waals surface area contributed by atoms with E-state index in [4.69, 9.17) is 4.74 Å². The van der Waals surface area contributed by atoms with Crippen LogP contribution in [0.4, 0.5) is 38.5 Å². The highest BCUT2D eigenvalue weighted by molar-refractivity contribution is 5.94. The molecule has 0 unspecified atom stereocenters. The average molecular weight is 521 g/mol. The Morgan fingerprint density at radius 3 is 2.32 bits per heavy atom. The number of nitro benzene ring substituents is 2. The number of methoxy groups -OCH3 is 1. The number of carbonyl (C=O) groups excluding carboxylic acids is 1. The van der Waals surface area contributed by atoms with Crippen molar-refractivity contribution in [1.82, 2.24) is 0 Å². The van der Waals surface area contributed by atoms with Crippen LogP contribution in [0.15, 0.2) is 64.8 Å². The number of anilines is 2. The third kappa shape index (κ3) is 6.40. The largest absolute Gasteiger partial charge is 0.494 e. The fourth-order valence-electron chi connectivity index (χ4n) is 3.47. The number of amides is 1. The number of ether oxygens (including phenoxy) is 1. The van der Waals surface area contributed by atoms with E-state index in [9.17, 15) is 34.7 Å². The Labute approximate surface area is 215 Å². The maximum atomic E-state index is 14.2. The third-order valence-electron chi connectivity index (χ3n) is 5.13. The maximum Gasteiger partial charge on any atom is 0.311 e. The number of carbonyl (C=O) groups is 1. The molecule has 1 amide bonds. The predicted molar refractivity (Wildman–Crippen MR) is 134 cm³/mol. The van der Waals surface area contributed by atoms with Gasteiger partial charge in [-0.05, 0) is 11.6 Å². The molecule has 3 rings (SSSR count). The first-order chi connectivity index (χ1) is 18.1. The molecule has 13 nitrogen and oxygen atoms in total. The second-order valence-corrected chi connectivity index (χ2v) is 7.73. The fourth-order valence-corrected chi connectivity index (χ4v) is 3.47. The Balaban J connectivity index is 2.12. The summed E-state index contributed by atoms with van der Waals surface area (Å²) in [5.74, 6) is -1.57. The van der Waals surface area contributed by atoms with Crippen LogP contribution >= 0.6 is 0 Å². The van der Waals surface area contributed by atoms with Crippen molar-refractivity contribution < 1.29 is 23.8 Å². The lowest BCUT2D eigenvalue weighted by molar-refractivity contribution is -0.395. The Kier molecular flexibility index (Phi) is 8.57. The Hall–Kier alpha value is -5.45. The van der Waals surface area contributed by atoms with Gasteiger partial charge in [0.2, 0.25) is 11.7 Å². The van der Waals surface area contributed by atoms with Crippen LogP contribution in [0.3, 0.4) is 0 Å². The number of nitrogens with zero attached hydrogens (tertiary/aromatic N) is 6. The van der Waals surface area contributed by atoms with Crippen LogP contribution in [-0.2, 0) is 11.3 Å². The van der Waals surface area contributed by atoms with Gasteiger partial charge in [0.15, 0.2) is 5.69 Å². The van der Waals surface area contributed by atoms with Gasteiger partial charge in [0.05, 0.1) is 40.5 Å². The molecule has 0 aliphatic heterocycles. The van der Waals surface area contributed by atoms with Crippen molar-refractivity contribution >= 4 is 40.0 Å². The molecular weight excluding hydrogens is 501 g/mol. The van der Waals surface area contributed by atoms with E-state index < -0.39 is 38.6 Å². The lowest BCUT2D eigenvalue weighted by atomic mass is 10.1. The Morgan fingerprint density at radius 1 is 1.08 bits per heavy atom. The minimum atomic E-state index is -1.34. The summed E-state index contributed by atoms with van der Waals surface area (Å²) in [5.41, 5.74) is -1.05. The van der Waals surface area contributed by atoms with Crippen molar-refractivity contribution in [3.63, 3.8) is 0 Å². The van der Waals surface area contributed by atoms with Crippen LogP contribution in [0.5, 0.6) is 5.75 Å². The molecule has 0 atom stereocenters. The number of hydrogen-bond donors (Lipinski definition) is 1. The molecule has 3 aromatic carbocycles. The summed E-state index contributed by atoms with van der Waals surface area (Å²) in [6.45, 7) is 1.55. The molecule has 0 saturated heterocycles. The van der Waals surface area contributed by atoms with Crippen LogP contribution in [0.25, 0.3) is 0 Å². The summed E-state index contributed by atoms with van der Waals surface area (Å²) >= 11 is 0. The molecular formula is C24H20FN7O6. The average Bonchev–Trinajstić information content (AvgIpc) is 2.87. The summed E-state index contributed by atoms with van der Waals surface area (Å²) in [5, 5.41) is 42.0. The van der Waals surface area contributed by atoms with E-state index >= 15 is 0 Å². The molecule has 0 aliphatic rings. The van der Waals surface area contributed by atoms with Gasteiger partial charge in [-0.25, -0.2) is 0 Å². The topological polar surface area (TPSA) is 176 Å². The van der Waals surface area contributed by atoms with Crippen molar-refractivity contribution in [2.24, 2.45) is 10.2 Å². The Morgan fingerprint density at radius 2 is 1.74 bits per heavy atom. The minimum Gasteiger partial charge on any atom is -0.494 e. The van der Waals surface area contributed by atoms with Crippen LogP contribution in [-0.4, -0.2) is 29.4 Å². The lowest BCUT2D eigenvalue weighted by Gasteiger charge is -2.25. The van der Waals surface area contributed by atoms with Crippen molar-refractivity contribution in [3.8, 4) is 11.8 Å². The Bertz CT molecular complexity index is 1460. The van der Waals surface area contributed by atoms with E-state index in [2.05, 4.69) is 21.6 Å². The van der Waals surface area contributed by atoms with Gasteiger partial charge in [-0.2, -0.15) is 9.65 Å². The van der Waals surface area contributed by atoms with Gasteiger partial charge < -0.3 is 15.0 Å². The van der Waals surface area contributed by atoms with Gasteiger partial charge in [0.1, 0.15) is 18.0 Å². The molecule has 3 aromatic rings. The molecule has 0 saturated carbocycles. The molecule has 0 aliphatic carbocycles. The first kappa shape index (κ1) is 27.1. The van der Waals surface area contributed by atoms with Gasteiger partial charge in [-0.3, -0.25) is 25.0 Å². The van der Waals surface area contributed by atoms with Crippen molar-refractivity contribution in [3.05, 3.63) is 86.2 Å². The molecule has 0 aromatic heterocycles. The maximum absolute atomic E-state index is 14.2. The molecule has 14 heteroatoms. The van der Waals surface area contributed by atoms with Crippen LogP contribution in [0.2, 0.25) is 0 Å². The monoisotopic (exact) mass is 521 g/mol. The van der Waals surface area contributed by atoms with Crippen LogP contribution in [0.1, 0.15) is 12.5 Å². The predicted octanol–water partition coefficient (Wildman–Crippen LogP) is 5.55. The van der Waals surface area contributed by atoms with Crippen LogP contribution in [0, 0.1) is 37.4 Å². The second-order valence-electron chi connectivity index (χ2n) is 7.73. The normalized spacial score (nSPS) is 10.6. The fraction of sp³-hybridized carbons (Fsp3) is 0.167. The summed E-state index contributed by atoms with van der Waals surface area (Å²) in [6.07, 6.45) is 0. The molecule has 194 valence electrons. The molecule has 38 heavy (non-hydrogen) atoms. The molecule has 0 bridgehead atoms. The number of nitriles is 1. The highest BCUT2D eigenvalue weighted by atomic mass is 19.1. The lowest BCUT2D eigenvalue weighted by Crippen LogP contribution is -2.23. The molecule has 0 radical (unpaired) electrons. The highest BCUT2D eigenvalue weighted by Crippen LogP contribution is 2.41. The van der Waals surface area contributed by atoms with E-state index in [1.165, 1.54) is 26.2 Å².